The molecular formula is C26H21Cl2N3O3. The summed E-state index contributed by atoms with van der Waals surface area (Å²) in [6, 6.07) is 17.9. The Morgan fingerprint density at radius 1 is 1.03 bits per heavy atom. The minimum absolute atomic E-state index is 0.384. The minimum Gasteiger partial charge on any atom is -0.496 e. The van der Waals surface area contributed by atoms with Crippen LogP contribution in [0.1, 0.15) is 21.5 Å². The van der Waals surface area contributed by atoms with Crippen molar-refractivity contribution in [3.05, 3.63) is 87.4 Å². The number of benzene rings is 3. The zero-order valence-electron chi connectivity index (χ0n) is 18.7. The highest BCUT2D eigenvalue weighted by atomic mass is 35.5. The van der Waals surface area contributed by atoms with Gasteiger partial charge in [0.15, 0.2) is 0 Å². The molecular weight excluding hydrogens is 473 g/mol. The van der Waals surface area contributed by atoms with Crippen LogP contribution in [0.25, 0.3) is 22.2 Å². The van der Waals surface area contributed by atoms with Gasteiger partial charge in [0.2, 0.25) is 0 Å². The fraction of sp³-hybridized carbons (Fsp3) is 0.115. The molecule has 0 aliphatic rings. The van der Waals surface area contributed by atoms with Crippen molar-refractivity contribution in [1.29, 1.82) is 0 Å². The number of rotatable bonds is 6. The van der Waals surface area contributed by atoms with Crippen LogP contribution < -0.4 is 14.9 Å². The van der Waals surface area contributed by atoms with Gasteiger partial charge in [0.25, 0.3) is 5.91 Å². The summed E-state index contributed by atoms with van der Waals surface area (Å²) in [6.45, 7) is 1.89. The average molecular weight is 494 g/mol. The fourth-order valence-corrected chi connectivity index (χ4v) is 4.21. The van der Waals surface area contributed by atoms with Gasteiger partial charge in [0, 0.05) is 27.1 Å². The van der Waals surface area contributed by atoms with E-state index in [2.05, 4.69) is 15.5 Å². The molecule has 6 nitrogen and oxygen atoms in total. The van der Waals surface area contributed by atoms with Gasteiger partial charge in [-0.15, -0.1) is 0 Å². The molecule has 0 atom stereocenters. The SMILES string of the molecule is COc1ccc(/C=N/NC(=O)c2cc(-c3ccc(Cl)cc3Cl)nc3ccccc23)c(OC)c1C. The third-order valence-corrected chi connectivity index (χ3v) is 5.90. The lowest BCUT2D eigenvalue weighted by Gasteiger charge is -2.12. The standard InChI is InChI=1S/C26H21Cl2N3O3/c1-15-24(33-2)11-8-16(25(15)34-3)14-29-31-26(32)20-13-23(19-10-9-17(27)12-21(19)28)30-22-7-5-4-6-18(20)22/h4-14H,1-3H3,(H,31,32)/b29-14+. The molecule has 1 heterocycles. The number of carbonyl (C=O) groups excluding carboxylic acids is 1. The summed E-state index contributed by atoms with van der Waals surface area (Å²) >= 11 is 12.4. The van der Waals surface area contributed by atoms with Crippen LogP contribution in [-0.4, -0.2) is 31.3 Å². The molecule has 4 aromatic rings. The topological polar surface area (TPSA) is 72.8 Å². The number of para-hydroxylation sites is 1. The Morgan fingerprint density at radius 3 is 2.56 bits per heavy atom. The molecule has 0 aliphatic carbocycles. The summed E-state index contributed by atoms with van der Waals surface area (Å²) in [6.07, 6.45) is 1.53. The molecule has 0 bridgehead atoms. The van der Waals surface area contributed by atoms with Crippen LogP contribution in [0, 0.1) is 6.92 Å². The molecule has 1 aromatic heterocycles. The molecule has 0 unspecified atom stereocenters. The molecule has 3 aromatic carbocycles. The molecule has 172 valence electrons. The van der Waals surface area contributed by atoms with Crippen LogP contribution in [0.3, 0.4) is 0 Å². The van der Waals surface area contributed by atoms with Gasteiger partial charge < -0.3 is 9.47 Å². The third kappa shape index (κ3) is 4.69. The third-order valence-electron chi connectivity index (χ3n) is 5.35. The van der Waals surface area contributed by atoms with E-state index in [4.69, 9.17) is 32.7 Å². The molecule has 1 amide bonds. The Morgan fingerprint density at radius 2 is 1.82 bits per heavy atom. The Kier molecular flexibility index (Phi) is 7.01. The number of hydrogen-bond donors (Lipinski definition) is 1. The van der Waals surface area contributed by atoms with Crippen molar-refractivity contribution in [2.45, 2.75) is 6.92 Å². The maximum atomic E-state index is 13.1. The van der Waals surface area contributed by atoms with E-state index in [9.17, 15) is 4.79 Å². The molecule has 0 saturated heterocycles. The Hall–Kier alpha value is -3.61. The number of methoxy groups -OCH3 is 2. The molecule has 0 radical (unpaired) electrons. The second-order valence-corrected chi connectivity index (χ2v) is 8.25. The van der Waals surface area contributed by atoms with Crippen molar-refractivity contribution in [3.63, 3.8) is 0 Å². The maximum absolute atomic E-state index is 13.1. The molecule has 8 heteroatoms. The lowest BCUT2D eigenvalue weighted by atomic mass is 10.0. The number of carbonyl (C=O) groups is 1. The van der Waals surface area contributed by atoms with Crippen molar-refractivity contribution < 1.29 is 14.3 Å². The van der Waals surface area contributed by atoms with Crippen molar-refractivity contribution >= 4 is 46.2 Å². The minimum atomic E-state index is -0.384. The summed E-state index contributed by atoms with van der Waals surface area (Å²) in [5.74, 6) is 0.937. The first-order valence-electron chi connectivity index (χ1n) is 10.3. The summed E-state index contributed by atoms with van der Waals surface area (Å²) in [5, 5.41) is 5.81. The number of aromatic nitrogens is 1. The van der Waals surface area contributed by atoms with Gasteiger partial charge in [-0.3, -0.25) is 4.79 Å². The molecule has 0 aliphatic heterocycles. The Balaban J connectivity index is 1.68. The van der Waals surface area contributed by atoms with Gasteiger partial charge in [0.05, 0.1) is 42.2 Å². The van der Waals surface area contributed by atoms with E-state index < -0.39 is 0 Å². The van der Waals surface area contributed by atoms with Gasteiger partial charge in [-0.2, -0.15) is 5.10 Å². The Labute approximate surface area is 207 Å². The lowest BCUT2D eigenvalue weighted by Crippen LogP contribution is -2.18. The molecule has 1 N–H and O–H groups in total. The molecule has 0 spiro atoms. The van der Waals surface area contributed by atoms with Gasteiger partial charge >= 0.3 is 0 Å². The summed E-state index contributed by atoms with van der Waals surface area (Å²) in [7, 11) is 3.17. The van der Waals surface area contributed by atoms with Gasteiger partial charge in [-0.25, -0.2) is 10.4 Å². The first-order chi connectivity index (χ1) is 16.4. The predicted octanol–water partition coefficient (Wildman–Crippen LogP) is 6.30. The van der Waals surface area contributed by atoms with Gasteiger partial charge in [-0.1, -0.05) is 41.4 Å². The number of ether oxygens (including phenoxy) is 2. The van der Waals surface area contributed by atoms with Crippen LogP contribution in [0.2, 0.25) is 10.0 Å². The predicted molar refractivity (Wildman–Crippen MR) is 137 cm³/mol. The maximum Gasteiger partial charge on any atom is 0.272 e. The van der Waals surface area contributed by atoms with E-state index in [1.165, 1.54) is 6.21 Å². The second kappa shape index (κ2) is 10.1. The van der Waals surface area contributed by atoms with Gasteiger partial charge in [-0.05, 0) is 49.4 Å². The summed E-state index contributed by atoms with van der Waals surface area (Å²) in [5.41, 5.74) is 6.45. The van der Waals surface area contributed by atoms with E-state index in [1.807, 2.05) is 43.3 Å². The normalized spacial score (nSPS) is 11.1. The number of amides is 1. The summed E-state index contributed by atoms with van der Waals surface area (Å²) in [4.78, 5) is 17.8. The van der Waals surface area contributed by atoms with E-state index in [0.29, 0.717) is 54.8 Å². The number of hydrogen-bond acceptors (Lipinski definition) is 5. The van der Waals surface area contributed by atoms with Gasteiger partial charge in [0.1, 0.15) is 11.5 Å². The van der Waals surface area contributed by atoms with Crippen molar-refractivity contribution in [1.82, 2.24) is 10.4 Å². The van der Waals surface area contributed by atoms with Crippen molar-refractivity contribution in [2.75, 3.05) is 14.2 Å². The highest BCUT2D eigenvalue weighted by Crippen LogP contribution is 2.32. The number of nitrogens with one attached hydrogen (secondary N) is 1. The number of hydrazone groups is 1. The number of nitrogens with zero attached hydrogens (tertiary/aromatic N) is 2. The van der Waals surface area contributed by atoms with Crippen molar-refractivity contribution in [3.8, 4) is 22.8 Å². The van der Waals surface area contributed by atoms with Crippen LogP contribution in [0.5, 0.6) is 11.5 Å². The molecule has 0 fully saturated rings. The monoisotopic (exact) mass is 493 g/mol. The van der Waals surface area contributed by atoms with E-state index >= 15 is 0 Å². The quantitative estimate of drug-likeness (QED) is 0.252. The summed E-state index contributed by atoms with van der Waals surface area (Å²) < 4.78 is 10.8. The Bertz CT molecular complexity index is 1420. The first-order valence-corrected chi connectivity index (χ1v) is 11.1. The molecule has 0 saturated carbocycles. The zero-order chi connectivity index (χ0) is 24.2. The van der Waals surface area contributed by atoms with Crippen LogP contribution >= 0.6 is 23.2 Å². The van der Waals surface area contributed by atoms with E-state index in [0.717, 1.165) is 5.56 Å². The first kappa shape index (κ1) is 23.5. The molecule has 4 rings (SSSR count). The van der Waals surface area contributed by atoms with Crippen LogP contribution in [0.4, 0.5) is 0 Å². The largest absolute Gasteiger partial charge is 0.496 e. The highest BCUT2D eigenvalue weighted by molar-refractivity contribution is 6.36. The number of halogens is 2. The van der Waals surface area contributed by atoms with E-state index in [-0.39, 0.29) is 5.91 Å². The van der Waals surface area contributed by atoms with Crippen molar-refractivity contribution in [2.24, 2.45) is 5.10 Å². The smallest absolute Gasteiger partial charge is 0.272 e. The molecule has 34 heavy (non-hydrogen) atoms. The van der Waals surface area contributed by atoms with Crippen LogP contribution in [0.15, 0.2) is 65.8 Å². The highest BCUT2D eigenvalue weighted by Gasteiger charge is 2.16. The fourth-order valence-electron chi connectivity index (χ4n) is 3.71. The second-order valence-electron chi connectivity index (χ2n) is 7.41. The van der Waals surface area contributed by atoms with E-state index in [1.54, 1.807) is 38.5 Å². The average Bonchev–Trinajstić information content (AvgIpc) is 2.83. The zero-order valence-corrected chi connectivity index (χ0v) is 20.2. The number of pyridine rings is 1. The number of fused-ring (bicyclic) bond motifs is 1. The lowest BCUT2D eigenvalue weighted by molar-refractivity contribution is 0.0956. The van der Waals surface area contributed by atoms with Crippen LogP contribution in [-0.2, 0) is 0 Å².